The van der Waals surface area contributed by atoms with E-state index in [0.29, 0.717) is 5.92 Å². The lowest BCUT2D eigenvalue weighted by atomic mass is 9.70. The van der Waals surface area contributed by atoms with Crippen molar-refractivity contribution in [1.29, 1.82) is 0 Å². The van der Waals surface area contributed by atoms with Crippen LogP contribution in [-0.2, 0) is 14.3 Å². The van der Waals surface area contributed by atoms with Crippen LogP contribution in [-0.4, -0.2) is 43.9 Å². The molecule has 0 aromatic rings. The summed E-state index contributed by atoms with van der Waals surface area (Å²) in [5, 5.41) is 3.43. The summed E-state index contributed by atoms with van der Waals surface area (Å²) in [6, 6.07) is 0.0766. The van der Waals surface area contributed by atoms with E-state index in [1.54, 1.807) is 0 Å². The third-order valence-corrected chi connectivity index (χ3v) is 6.58. The zero-order valence-corrected chi connectivity index (χ0v) is 15.1. The monoisotopic (exact) mass is 338 g/mol. The second-order valence-electron chi connectivity index (χ2n) is 7.97. The first-order chi connectivity index (χ1) is 11.7. The Labute approximate surface area is 146 Å². The average Bonchev–Trinajstić information content (AvgIpc) is 2.64. The SMILES string of the molecule is COC(=O)C1CCC(OC2(C3CCCCC3)CCNCC2N)CC1. The first-order valence-electron chi connectivity index (χ1n) is 9.87. The summed E-state index contributed by atoms with van der Waals surface area (Å²) in [4.78, 5) is 11.7. The van der Waals surface area contributed by atoms with E-state index in [4.69, 9.17) is 15.2 Å². The molecule has 0 spiro atoms. The lowest BCUT2D eigenvalue weighted by molar-refractivity contribution is -0.172. The number of carbonyl (C=O) groups is 1. The maximum Gasteiger partial charge on any atom is 0.308 e. The quantitative estimate of drug-likeness (QED) is 0.770. The lowest BCUT2D eigenvalue weighted by Crippen LogP contribution is -2.64. The van der Waals surface area contributed by atoms with Gasteiger partial charge in [0.05, 0.1) is 24.7 Å². The molecule has 0 aromatic carbocycles. The Hall–Kier alpha value is -0.650. The second kappa shape index (κ2) is 8.15. The van der Waals surface area contributed by atoms with Crippen LogP contribution in [0.1, 0.15) is 64.2 Å². The van der Waals surface area contributed by atoms with Crippen LogP contribution in [0.2, 0.25) is 0 Å². The highest BCUT2D eigenvalue weighted by Gasteiger charge is 2.48. The van der Waals surface area contributed by atoms with Crippen LogP contribution in [0.4, 0.5) is 0 Å². The molecule has 1 aliphatic heterocycles. The Morgan fingerprint density at radius 2 is 1.79 bits per heavy atom. The van der Waals surface area contributed by atoms with Crippen molar-refractivity contribution in [3.05, 3.63) is 0 Å². The molecule has 0 aromatic heterocycles. The minimum absolute atomic E-state index is 0.0576. The number of methoxy groups -OCH3 is 1. The zero-order chi connectivity index (χ0) is 17.0. The number of nitrogens with two attached hydrogens (primary N) is 1. The van der Waals surface area contributed by atoms with E-state index in [0.717, 1.165) is 45.2 Å². The smallest absolute Gasteiger partial charge is 0.308 e. The highest BCUT2D eigenvalue weighted by molar-refractivity contribution is 5.72. The molecule has 5 nitrogen and oxygen atoms in total. The number of nitrogens with one attached hydrogen (secondary N) is 1. The van der Waals surface area contributed by atoms with Gasteiger partial charge in [-0.3, -0.25) is 4.79 Å². The topological polar surface area (TPSA) is 73.6 Å². The summed E-state index contributed by atoms with van der Waals surface area (Å²) in [5.41, 5.74) is 6.44. The molecule has 3 rings (SSSR count). The number of rotatable bonds is 4. The molecule has 5 heteroatoms. The molecule has 0 amide bonds. The van der Waals surface area contributed by atoms with Crippen molar-refractivity contribution in [3.8, 4) is 0 Å². The highest BCUT2D eigenvalue weighted by Crippen LogP contribution is 2.42. The number of hydrogen-bond donors (Lipinski definition) is 2. The predicted octanol–water partition coefficient (Wildman–Crippen LogP) is 2.37. The molecule has 1 heterocycles. The number of piperidine rings is 1. The molecule has 24 heavy (non-hydrogen) atoms. The molecule has 2 saturated carbocycles. The normalized spacial score (nSPS) is 38.7. The molecule has 138 valence electrons. The number of ether oxygens (including phenoxy) is 2. The first-order valence-corrected chi connectivity index (χ1v) is 9.87. The van der Waals surface area contributed by atoms with Gasteiger partial charge in [0, 0.05) is 12.6 Å². The largest absolute Gasteiger partial charge is 0.469 e. The number of esters is 1. The van der Waals surface area contributed by atoms with Crippen LogP contribution in [0.5, 0.6) is 0 Å². The van der Waals surface area contributed by atoms with Crippen molar-refractivity contribution in [3.63, 3.8) is 0 Å². The molecule has 3 fully saturated rings. The molecule has 2 unspecified atom stereocenters. The number of carbonyl (C=O) groups excluding carboxylic acids is 1. The molecule has 0 radical (unpaired) electrons. The standard InChI is InChI=1S/C19H34N2O3/c1-23-18(22)14-7-9-16(10-8-14)24-19(11-12-21-13-17(19)20)15-5-3-2-4-6-15/h14-17,21H,2-13,20H2,1H3. The van der Waals surface area contributed by atoms with Crippen LogP contribution < -0.4 is 11.1 Å². The fraction of sp³-hybridized carbons (Fsp3) is 0.947. The van der Waals surface area contributed by atoms with Gasteiger partial charge in [0.1, 0.15) is 0 Å². The fourth-order valence-corrected chi connectivity index (χ4v) is 5.13. The van der Waals surface area contributed by atoms with E-state index in [-0.39, 0.29) is 29.6 Å². The van der Waals surface area contributed by atoms with Gasteiger partial charge in [-0.25, -0.2) is 0 Å². The van der Waals surface area contributed by atoms with Crippen molar-refractivity contribution in [2.75, 3.05) is 20.2 Å². The van der Waals surface area contributed by atoms with E-state index < -0.39 is 0 Å². The van der Waals surface area contributed by atoms with Gasteiger partial charge in [0.15, 0.2) is 0 Å². The van der Waals surface area contributed by atoms with Crippen molar-refractivity contribution in [2.45, 2.75) is 82.0 Å². The third-order valence-electron chi connectivity index (χ3n) is 6.58. The zero-order valence-electron chi connectivity index (χ0n) is 15.1. The summed E-state index contributed by atoms with van der Waals surface area (Å²) in [6.45, 7) is 1.86. The van der Waals surface area contributed by atoms with E-state index >= 15 is 0 Å². The molecule has 3 N–H and O–H groups in total. The van der Waals surface area contributed by atoms with E-state index in [1.807, 2.05) is 0 Å². The molecule has 3 aliphatic rings. The average molecular weight is 338 g/mol. The van der Waals surface area contributed by atoms with Gasteiger partial charge in [-0.1, -0.05) is 19.3 Å². The number of hydrogen-bond acceptors (Lipinski definition) is 5. The Kier molecular flexibility index (Phi) is 6.17. The molecule has 2 atom stereocenters. The molecular formula is C19H34N2O3. The lowest BCUT2D eigenvalue weighted by Gasteiger charge is -2.51. The molecular weight excluding hydrogens is 304 g/mol. The summed E-state index contributed by atoms with van der Waals surface area (Å²) in [6.07, 6.45) is 11.4. The summed E-state index contributed by atoms with van der Waals surface area (Å²) >= 11 is 0. The van der Waals surface area contributed by atoms with Gasteiger partial charge in [0.2, 0.25) is 0 Å². The summed E-state index contributed by atoms with van der Waals surface area (Å²) in [7, 11) is 1.48. The van der Waals surface area contributed by atoms with Crippen LogP contribution in [0.3, 0.4) is 0 Å². The Balaban J connectivity index is 1.65. The second-order valence-corrected chi connectivity index (χ2v) is 7.97. The minimum Gasteiger partial charge on any atom is -0.469 e. The third kappa shape index (κ3) is 3.78. The Morgan fingerprint density at radius 3 is 2.42 bits per heavy atom. The van der Waals surface area contributed by atoms with E-state index in [2.05, 4.69) is 5.32 Å². The van der Waals surface area contributed by atoms with Gasteiger partial charge in [0.25, 0.3) is 0 Å². The van der Waals surface area contributed by atoms with Gasteiger partial charge in [-0.05, 0) is 57.4 Å². The molecule has 2 aliphatic carbocycles. The fourth-order valence-electron chi connectivity index (χ4n) is 5.13. The van der Waals surface area contributed by atoms with Crippen molar-refractivity contribution in [1.82, 2.24) is 5.32 Å². The Morgan fingerprint density at radius 1 is 1.08 bits per heavy atom. The van der Waals surface area contributed by atoms with E-state index in [9.17, 15) is 4.79 Å². The maximum atomic E-state index is 11.7. The van der Waals surface area contributed by atoms with Crippen LogP contribution in [0.25, 0.3) is 0 Å². The van der Waals surface area contributed by atoms with Gasteiger partial charge < -0.3 is 20.5 Å². The van der Waals surface area contributed by atoms with Gasteiger partial charge >= 0.3 is 5.97 Å². The summed E-state index contributed by atoms with van der Waals surface area (Å²) < 4.78 is 11.7. The van der Waals surface area contributed by atoms with E-state index in [1.165, 1.54) is 39.2 Å². The van der Waals surface area contributed by atoms with Crippen LogP contribution in [0, 0.1) is 11.8 Å². The van der Waals surface area contributed by atoms with Crippen LogP contribution >= 0.6 is 0 Å². The first kappa shape index (κ1) is 18.2. The van der Waals surface area contributed by atoms with Gasteiger partial charge in [-0.2, -0.15) is 0 Å². The van der Waals surface area contributed by atoms with Crippen molar-refractivity contribution >= 4 is 5.97 Å². The maximum absolute atomic E-state index is 11.7. The molecule has 1 saturated heterocycles. The highest BCUT2D eigenvalue weighted by atomic mass is 16.5. The van der Waals surface area contributed by atoms with Gasteiger partial charge in [-0.15, -0.1) is 0 Å². The van der Waals surface area contributed by atoms with Crippen molar-refractivity contribution in [2.24, 2.45) is 17.6 Å². The minimum atomic E-state index is -0.158. The summed E-state index contributed by atoms with van der Waals surface area (Å²) in [5.74, 6) is 0.595. The van der Waals surface area contributed by atoms with Crippen LogP contribution in [0.15, 0.2) is 0 Å². The Bertz CT molecular complexity index is 417. The predicted molar refractivity (Wildman–Crippen MR) is 93.6 cm³/mol. The van der Waals surface area contributed by atoms with Crippen molar-refractivity contribution < 1.29 is 14.3 Å². The molecule has 0 bridgehead atoms.